The van der Waals surface area contributed by atoms with Gasteiger partial charge in [0.05, 0.1) is 12.5 Å². The largest absolute Gasteiger partial charge is 0.466 e. The number of rotatable bonds is 6. The first kappa shape index (κ1) is 21.0. The smallest absolute Gasteiger partial charge is 0.310 e. The Morgan fingerprint density at radius 3 is 2.58 bits per heavy atom. The maximum atomic E-state index is 12.1. The second-order valence-corrected chi connectivity index (χ2v) is 7.28. The Bertz CT molecular complexity index is 463. The minimum atomic E-state index is -0.0742. The minimum absolute atomic E-state index is 0.0400. The lowest BCUT2D eigenvalue weighted by molar-refractivity contribution is -0.149. The summed E-state index contributed by atoms with van der Waals surface area (Å²) >= 11 is 0. The van der Waals surface area contributed by atoms with E-state index >= 15 is 0 Å². The van der Waals surface area contributed by atoms with Crippen molar-refractivity contribution < 1.29 is 9.53 Å². The van der Waals surface area contributed by atoms with Crippen LogP contribution >= 0.6 is 0 Å². The molecule has 26 heavy (non-hydrogen) atoms. The number of piperidine rings is 1. The summed E-state index contributed by atoms with van der Waals surface area (Å²) in [5.74, 6) is 0.787. The van der Waals surface area contributed by atoms with Gasteiger partial charge in [0, 0.05) is 58.9 Å². The van der Waals surface area contributed by atoms with E-state index in [0.29, 0.717) is 19.2 Å². The van der Waals surface area contributed by atoms with E-state index in [1.807, 2.05) is 14.0 Å². The monoisotopic (exact) mass is 367 g/mol. The second kappa shape index (κ2) is 10.7. The number of guanidine groups is 1. The summed E-state index contributed by atoms with van der Waals surface area (Å²) in [5, 5.41) is 3.52. The normalized spacial score (nSPS) is 24.4. The predicted octanol–water partition coefficient (Wildman–Crippen LogP) is 0.863. The van der Waals surface area contributed by atoms with E-state index in [9.17, 15) is 4.79 Å². The van der Waals surface area contributed by atoms with Crippen molar-refractivity contribution in [2.24, 2.45) is 10.9 Å². The summed E-state index contributed by atoms with van der Waals surface area (Å²) < 4.78 is 5.20. The van der Waals surface area contributed by atoms with Gasteiger partial charge in [-0.05, 0) is 33.2 Å². The number of hydrogen-bond donors (Lipinski definition) is 1. The first-order valence-corrected chi connectivity index (χ1v) is 10.2. The van der Waals surface area contributed by atoms with Crippen LogP contribution < -0.4 is 5.32 Å². The summed E-state index contributed by atoms with van der Waals surface area (Å²) in [4.78, 5) is 23.8. The Morgan fingerprint density at radius 1 is 1.23 bits per heavy atom. The highest BCUT2D eigenvalue weighted by atomic mass is 16.5. The zero-order valence-electron chi connectivity index (χ0n) is 17.0. The molecule has 2 rings (SSSR count). The van der Waals surface area contributed by atoms with Crippen molar-refractivity contribution in [3.05, 3.63) is 0 Å². The lowest BCUT2D eigenvalue weighted by Gasteiger charge is -2.38. The minimum Gasteiger partial charge on any atom is -0.466 e. The molecule has 2 aliphatic rings. The maximum absolute atomic E-state index is 12.1. The SMILES string of the molecule is CCOC(=O)C1CCCN(C(=NC)NCC(C)N2CCN(CC)CC2)C1. The van der Waals surface area contributed by atoms with Gasteiger partial charge in [0.15, 0.2) is 5.96 Å². The first-order valence-electron chi connectivity index (χ1n) is 10.2. The Hall–Kier alpha value is -1.34. The summed E-state index contributed by atoms with van der Waals surface area (Å²) in [6, 6.07) is 0.469. The van der Waals surface area contributed by atoms with Gasteiger partial charge >= 0.3 is 5.97 Å². The van der Waals surface area contributed by atoms with Gasteiger partial charge in [-0.3, -0.25) is 14.7 Å². The standard InChI is InChI=1S/C19H37N5O2/c1-5-22-10-12-23(13-11-22)16(3)14-21-19(20-4)24-9-7-8-17(15-24)18(25)26-6-2/h16-17H,5-15H2,1-4H3,(H,20,21). The molecule has 2 saturated heterocycles. The molecular weight excluding hydrogens is 330 g/mol. The van der Waals surface area contributed by atoms with Crippen molar-refractivity contribution in [3.63, 3.8) is 0 Å². The number of piperazine rings is 1. The van der Waals surface area contributed by atoms with Crippen molar-refractivity contribution in [3.8, 4) is 0 Å². The summed E-state index contributed by atoms with van der Waals surface area (Å²) in [6.45, 7) is 15.0. The number of nitrogens with one attached hydrogen (secondary N) is 1. The van der Waals surface area contributed by atoms with E-state index in [1.165, 1.54) is 0 Å². The quantitative estimate of drug-likeness (QED) is 0.427. The van der Waals surface area contributed by atoms with E-state index in [-0.39, 0.29) is 11.9 Å². The van der Waals surface area contributed by atoms with Gasteiger partial charge in [0.2, 0.25) is 0 Å². The highest BCUT2D eigenvalue weighted by Gasteiger charge is 2.29. The zero-order chi connectivity index (χ0) is 18.9. The predicted molar refractivity (Wildman–Crippen MR) is 105 cm³/mol. The molecule has 0 aromatic rings. The molecule has 0 saturated carbocycles. The van der Waals surface area contributed by atoms with Crippen LogP contribution in [0.2, 0.25) is 0 Å². The number of nitrogens with zero attached hydrogens (tertiary/aromatic N) is 4. The van der Waals surface area contributed by atoms with E-state index < -0.39 is 0 Å². The molecular formula is C19H37N5O2. The fourth-order valence-electron chi connectivity index (χ4n) is 3.84. The number of likely N-dealkylation sites (tertiary alicyclic amines) is 1. The van der Waals surface area contributed by atoms with E-state index in [4.69, 9.17) is 4.74 Å². The molecule has 0 aromatic carbocycles. The fourth-order valence-corrected chi connectivity index (χ4v) is 3.84. The average molecular weight is 368 g/mol. The topological polar surface area (TPSA) is 60.4 Å². The molecule has 2 aliphatic heterocycles. The molecule has 0 radical (unpaired) electrons. The molecule has 0 aromatic heterocycles. The third-order valence-corrected chi connectivity index (χ3v) is 5.59. The molecule has 0 amide bonds. The molecule has 0 spiro atoms. The van der Waals surface area contributed by atoms with Gasteiger partial charge in [-0.15, -0.1) is 0 Å². The number of likely N-dealkylation sites (N-methyl/N-ethyl adjacent to an activating group) is 1. The van der Waals surface area contributed by atoms with Gasteiger partial charge in [-0.25, -0.2) is 0 Å². The number of hydrogen-bond acceptors (Lipinski definition) is 5. The zero-order valence-corrected chi connectivity index (χ0v) is 17.0. The Balaban J connectivity index is 1.80. The maximum Gasteiger partial charge on any atom is 0.310 e. The fraction of sp³-hybridized carbons (Fsp3) is 0.895. The number of carbonyl (C=O) groups is 1. The van der Waals surface area contributed by atoms with Crippen molar-refractivity contribution in [1.82, 2.24) is 20.0 Å². The highest BCUT2D eigenvalue weighted by molar-refractivity contribution is 5.81. The lowest BCUT2D eigenvalue weighted by Crippen LogP contribution is -2.54. The van der Waals surface area contributed by atoms with Crippen LogP contribution in [0.25, 0.3) is 0 Å². The van der Waals surface area contributed by atoms with Crippen molar-refractivity contribution >= 4 is 11.9 Å². The Kier molecular flexibility index (Phi) is 8.65. The van der Waals surface area contributed by atoms with Crippen LogP contribution in [-0.4, -0.2) is 98.7 Å². The van der Waals surface area contributed by atoms with Gasteiger partial charge in [-0.1, -0.05) is 6.92 Å². The molecule has 0 aliphatic carbocycles. The average Bonchev–Trinajstić information content (AvgIpc) is 2.68. The van der Waals surface area contributed by atoms with Crippen molar-refractivity contribution in [2.45, 2.75) is 39.7 Å². The number of carbonyl (C=O) groups excluding carboxylic acids is 1. The summed E-state index contributed by atoms with van der Waals surface area (Å²) in [7, 11) is 1.82. The number of aliphatic imine (C=N–C) groups is 1. The van der Waals surface area contributed by atoms with Crippen molar-refractivity contribution in [2.75, 3.05) is 66.0 Å². The molecule has 2 unspecified atom stereocenters. The first-order chi connectivity index (χ1) is 12.6. The second-order valence-electron chi connectivity index (χ2n) is 7.28. The van der Waals surface area contributed by atoms with Gasteiger partial charge in [-0.2, -0.15) is 0 Å². The van der Waals surface area contributed by atoms with Crippen molar-refractivity contribution in [1.29, 1.82) is 0 Å². The molecule has 0 bridgehead atoms. The van der Waals surface area contributed by atoms with E-state index in [2.05, 4.69) is 38.9 Å². The van der Waals surface area contributed by atoms with E-state index in [1.54, 1.807) is 0 Å². The highest BCUT2D eigenvalue weighted by Crippen LogP contribution is 2.18. The number of ether oxygens (including phenoxy) is 1. The molecule has 150 valence electrons. The lowest BCUT2D eigenvalue weighted by atomic mass is 9.98. The molecule has 2 heterocycles. The van der Waals surface area contributed by atoms with Crippen LogP contribution in [0.3, 0.4) is 0 Å². The summed E-state index contributed by atoms with van der Waals surface area (Å²) in [5.41, 5.74) is 0. The van der Waals surface area contributed by atoms with Gasteiger partial charge in [0.25, 0.3) is 0 Å². The van der Waals surface area contributed by atoms with Crippen LogP contribution in [0.4, 0.5) is 0 Å². The Labute approximate surface area is 158 Å². The molecule has 1 N–H and O–H groups in total. The third-order valence-electron chi connectivity index (χ3n) is 5.59. The molecule has 2 fully saturated rings. The third kappa shape index (κ3) is 5.84. The van der Waals surface area contributed by atoms with Crippen LogP contribution in [0, 0.1) is 5.92 Å². The van der Waals surface area contributed by atoms with Crippen LogP contribution in [0.1, 0.15) is 33.6 Å². The van der Waals surface area contributed by atoms with E-state index in [0.717, 1.165) is 64.6 Å². The summed E-state index contributed by atoms with van der Waals surface area (Å²) in [6.07, 6.45) is 1.91. The molecule has 7 heteroatoms. The van der Waals surface area contributed by atoms with Crippen LogP contribution in [0.5, 0.6) is 0 Å². The number of esters is 1. The van der Waals surface area contributed by atoms with Crippen LogP contribution in [-0.2, 0) is 9.53 Å². The molecule has 7 nitrogen and oxygen atoms in total. The van der Waals surface area contributed by atoms with Crippen LogP contribution in [0.15, 0.2) is 4.99 Å². The Morgan fingerprint density at radius 2 is 1.96 bits per heavy atom. The molecule has 2 atom stereocenters. The van der Waals surface area contributed by atoms with Gasteiger partial charge in [0.1, 0.15) is 0 Å². The van der Waals surface area contributed by atoms with Gasteiger partial charge < -0.3 is 19.9 Å².